The van der Waals surface area contributed by atoms with Crippen molar-refractivity contribution in [2.24, 2.45) is 23.2 Å². The van der Waals surface area contributed by atoms with Gasteiger partial charge in [-0.2, -0.15) is 0 Å². The average molecular weight is 342 g/mol. The van der Waals surface area contributed by atoms with Crippen LogP contribution in [0.1, 0.15) is 34.1 Å². The summed E-state index contributed by atoms with van der Waals surface area (Å²) in [6.07, 6.45) is 10.9. The van der Waals surface area contributed by atoms with Crippen molar-refractivity contribution < 1.29 is 0 Å². The molecule has 3 atom stereocenters. The number of hydrogen-bond acceptors (Lipinski definition) is 0. The zero-order valence-electron chi connectivity index (χ0n) is 11.3. The van der Waals surface area contributed by atoms with E-state index in [0.717, 1.165) is 22.2 Å². The molecule has 1 fully saturated rings. The Morgan fingerprint density at radius 1 is 1.47 bits per heavy atom. The summed E-state index contributed by atoms with van der Waals surface area (Å²) in [5.74, 6) is 2.23. The first kappa shape index (κ1) is 13.4. The van der Waals surface area contributed by atoms with Crippen LogP contribution in [0.15, 0.2) is 35.5 Å². The van der Waals surface area contributed by atoms with Gasteiger partial charge in [0.25, 0.3) is 0 Å². The van der Waals surface area contributed by atoms with Gasteiger partial charge in [-0.1, -0.05) is 78.8 Å². The lowest BCUT2D eigenvalue weighted by Gasteiger charge is -2.28. The molecule has 0 aromatic carbocycles. The molecule has 1 saturated carbocycles. The second-order valence-electron chi connectivity index (χ2n) is 6.06. The monoisotopic (exact) mass is 342 g/mol. The number of alkyl halides is 1. The summed E-state index contributed by atoms with van der Waals surface area (Å²) in [5, 5.41) is 0. The summed E-state index contributed by atoms with van der Waals surface area (Å²) < 4.78 is 1.13. The number of fused-ring (bicyclic) bond motifs is 1. The lowest BCUT2D eigenvalue weighted by atomic mass is 9.77. The second-order valence-corrected chi connectivity index (χ2v) is 6.94. The maximum Gasteiger partial charge on any atom is 0.0176 e. The zero-order chi connectivity index (χ0) is 12.6. The van der Waals surface area contributed by atoms with Gasteiger partial charge in [-0.15, -0.1) is 0 Å². The molecule has 0 radical (unpaired) electrons. The van der Waals surface area contributed by atoms with Crippen LogP contribution in [-0.2, 0) is 0 Å². The van der Waals surface area contributed by atoms with Crippen molar-refractivity contribution in [3.05, 3.63) is 35.5 Å². The second kappa shape index (κ2) is 4.91. The molecule has 94 valence electrons. The predicted octanol–water partition coefficient (Wildman–Crippen LogP) is 5.16. The van der Waals surface area contributed by atoms with Crippen molar-refractivity contribution in [2.75, 3.05) is 4.43 Å². The van der Waals surface area contributed by atoms with Crippen LogP contribution in [0.2, 0.25) is 0 Å². The van der Waals surface area contributed by atoms with Gasteiger partial charge in [-0.05, 0) is 36.5 Å². The van der Waals surface area contributed by atoms with Crippen molar-refractivity contribution in [3.8, 4) is 0 Å². The van der Waals surface area contributed by atoms with Crippen LogP contribution in [0, 0.1) is 23.2 Å². The topological polar surface area (TPSA) is 0 Å². The molecule has 2 unspecified atom stereocenters. The summed E-state index contributed by atoms with van der Waals surface area (Å²) in [4.78, 5) is 0. The Hall–Kier alpha value is -0.0500. The largest absolute Gasteiger partial charge is 0.0837 e. The fraction of sp³-hybridized carbons (Fsp3) is 0.625. The maximum atomic E-state index is 2.47. The van der Waals surface area contributed by atoms with E-state index in [2.05, 4.69) is 74.6 Å². The molecule has 0 N–H and O–H groups in total. The molecule has 0 spiro atoms. The van der Waals surface area contributed by atoms with E-state index in [1.54, 1.807) is 5.57 Å². The summed E-state index contributed by atoms with van der Waals surface area (Å²) in [7, 11) is 0. The minimum Gasteiger partial charge on any atom is -0.0837 e. The van der Waals surface area contributed by atoms with E-state index in [0.29, 0.717) is 5.41 Å². The van der Waals surface area contributed by atoms with Gasteiger partial charge in [0.1, 0.15) is 0 Å². The van der Waals surface area contributed by atoms with E-state index in [9.17, 15) is 0 Å². The first-order chi connectivity index (χ1) is 7.98. The fourth-order valence-corrected chi connectivity index (χ4v) is 3.77. The van der Waals surface area contributed by atoms with Gasteiger partial charge in [-0.3, -0.25) is 0 Å². The first-order valence-corrected chi connectivity index (χ1v) is 8.12. The van der Waals surface area contributed by atoms with Crippen molar-refractivity contribution in [1.82, 2.24) is 0 Å². The molecule has 17 heavy (non-hydrogen) atoms. The lowest BCUT2D eigenvalue weighted by Crippen LogP contribution is -2.19. The first-order valence-electron chi connectivity index (χ1n) is 6.60. The van der Waals surface area contributed by atoms with Crippen LogP contribution in [0.25, 0.3) is 0 Å². The normalized spacial score (nSPS) is 35.7. The number of hydrogen-bond donors (Lipinski definition) is 0. The lowest BCUT2D eigenvalue weighted by molar-refractivity contribution is 0.287. The molecule has 0 bridgehead atoms. The van der Waals surface area contributed by atoms with Crippen molar-refractivity contribution in [1.29, 1.82) is 0 Å². The van der Waals surface area contributed by atoms with Crippen molar-refractivity contribution >= 4 is 22.6 Å². The molecule has 0 aromatic rings. The molecule has 1 heteroatoms. The van der Waals surface area contributed by atoms with Gasteiger partial charge in [0.05, 0.1) is 0 Å². The molecule has 0 amide bonds. The molecular formula is C16H23I. The SMILES string of the molecule is CC1=CC[C@H]2C(=C1)C(C)(C)C(C)C2/C=C\CI. The standard InChI is InChI=1S/C16H23I/c1-11-7-8-14-13(6-5-9-17)12(2)16(3,4)15(14)10-11/h5-7,10,12-14H,8-9H2,1-4H3/b6-5-/t12?,13?,14-/m1/s1. The minimum atomic E-state index is 0.362. The number of rotatable bonds is 2. The molecule has 0 heterocycles. The van der Waals surface area contributed by atoms with Crippen LogP contribution >= 0.6 is 22.6 Å². The van der Waals surface area contributed by atoms with Crippen LogP contribution in [-0.4, -0.2) is 4.43 Å². The van der Waals surface area contributed by atoms with Crippen molar-refractivity contribution in [2.45, 2.75) is 34.1 Å². The van der Waals surface area contributed by atoms with E-state index in [1.165, 1.54) is 12.0 Å². The van der Waals surface area contributed by atoms with E-state index in [1.807, 2.05) is 0 Å². The van der Waals surface area contributed by atoms with Gasteiger partial charge in [0.2, 0.25) is 0 Å². The van der Waals surface area contributed by atoms with E-state index >= 15 is 0 Å². The van der Waals surface area contributed by atoms with Crippen LogP contribution in [0.3, 0.4) is 0 Å². The highest BCUT2D eigenvalue weighted by Gasteiger charge is 2.48. The van der Waals surface area contributed by atoms with E-state index in [4.69, 9.17) is 0 Å². The van der Waals surface area contributed by atoms with Gasteiger partial charge < -0.3 is 0 Å². The highest BCUT2D eigenvalue weighted by Crippen LogP contribution is 2.56. The summed E-state index contributed by atoms with van der Waals surface area (Å²) in [5.41, 5.74) is 3.50. The Kier molecular flexibility index (Phi) is 3.86. The molecule has 2 rings (SSSR count). The summed E-state index contributed by atoms with van der Waals surface area (Å²) >= 11 is 2.43. The Labute approximate surface area is 119 Å². The number of halogens is 1. The Morgan fingerprint density at radius 2 is 2.18 bits per heavy atom. The highest BCUT2D eigenvalue weighted by atomic mass is 127. The Morgan fingerprint density at radius 3 is 2.82 bits per heavy atom. The van der Waals surface area contributed by atoms with Gasteiger partial charge in [-0.25, -0.2) is 0 Å². The summed E-state index contributed by atoms with van der Waals surface area (Å²) in [6.45, 7) is 9.51. The van der Waals surface area contributed by atoms with Gasteiger partial charge in [0.15, 0.2) is 0 Å². The van der Waals surface area contributed by atoms with Crippen LogP contribution in [0.5, 0.6) is 0 Å². The molecule has 0 saturated heterocycles. The summed E-state index contributed by atoms with van der Waals surface area (Å²) in [6, 6.07) is 0. The molecule has 0 aromatic heterocycles. The van der Waals surface area contributed by atoms with Crippen LogP contribution < -0.4 is 0 Å². The highest BCUT2D eigenvalue weighted by molar-refractivity contribution is 14.1. The third-order valence-electron chi connectivity index (χ3n) is 4.85. The van der Waals surface area contributed by atoms with Gasteiger partial charge >= 0.3 is 0 Å². The quantitative estimate of drug-likeness (QED) is 0.369. The molecule has 2 aliphatic carbocycles. The predicted molar refractivity (Wildman–Crippen MR) is 84.4 cm³/mol. The Bertz CT molecular complexity index is 384. The van der Waals surface area contributed by atoms with Gasteiger partial charge in [0, 0.05) is 4.43 Å². The van der Waals surface area contributed by atoms with E-state index in [-0.39, 0.29) is 0 Å². The third-order valence-corrected chi connectivity index (χ3v) is 5.36. The molecule has 2 aliphatic rings. The molecule has 0 aliphatic heterocycles. The van der Waals surface area contributed by atoms with Crippen LogP contribution in [0.4, 0.5) is 0 Å². The Balaban J connectivity index is 2.36. The zero-order valence-corrected chi connectivity index (χ0v) is 13.5. The minimum absolute atomic E-state index is 0.362. The van der Waals surface area contributed by atoms with Crippen molar-refractivity contribution in [3.63, 3.8) is 0 Å². The fourth-order valence-electron chi connectivity index (χ4n) is 3.48. The number of allylic oxidation sites excluding steroid dienone is 6. The molecular weight excluding hydrogens is 319 g/mol. The smallest absolute Gasteiger partial charge is 0.0176 e. The molecule has 0 nitrogen and oxygen atoms in total. The maximum absolute atomic E-state index is 2.47. The average Bonchev–Trinajstić information content (AvgIpc) is 2.47. The van der Waals surface area contributed by atoms with E-state index < -0.39 is 0 Å². The third kappa shape index (κ3) is 2.27.